The average molecular weight is 338 g/mol. The van der Waals surface area contributed by atoms with E-state index in [1.165, 1.54) is 0 Å². The number of rotatable bonds is 5. The van der Waals surface area contributed by atoms with E-state index in [-0.39, 0.29) is 6.10 Å². The van der Waals surface area contributed by atoms with E-state index in [0.29, 0.717) is 31.5 Å². The smallest absolute Gasteiger partial charge is 0.249 e. The Hall–Kier alpha value is -2.93. The molecule has 3 heterocycles. The molecule has 2 aromatic heterocycles. The highest BCUT2D eigenvalue weighted by Gasteiger charge is 2.22. The van der Waals surface area contributed by atoms with Gasteiger partial charge in [0.05, 0.1) is 12.1 Å². The van der Waals surface area contributed by atoms with Gasteiger partial charge in [-0.3, -0.25) is 9.88 Å². The minimum absolute atomic E-state index is 0.0411. The summed E-state index contributed by atoms with van der Waals surface area (Å²) in [5.74, 6) is 2.60. The fourth-order valence-corrected chi connectivity index (χ4v) is 2.72. The van der Waals surface area contributed by atoms with Gasteiger partial charge < -0.3 is 13.9 Å². The molecule has 1 aromatic carbocycles. The highest BCUT2D eigenvalue weighted by atomic mass is 16.6. The number of likely N-dealkylation sites (N-methyl/N-ethyl adjacent to an activating group) is 1. The molecule has 1 atom stereocenters. The van der Waals surface area contributed by atoms with Gasteiger partial charge in [-0.1, -0.05) is 12.1 Å². The predicted molar refractivity (Wildman–Crippen MR) is 90.2 cm³/mol. The number of nitrogens with zero attached hydrogens (tertiary/aromatic N) is 4. The maximum absolute atomic E-state index is 5.97. The van der Waals surface area contributed by atoms with Gasteiger partial charge in [0.25, 0.3) is 0 Å². The van der Waals surface area contributed by atoms with Gasteiger partial charge in [0.15, 0.2) is 11.5 Å². The summed E-state index contributed by atoms with van der Waals surface area (Å²) in [6, 6.07) is 11.4. The quantitative estimate of drug-likeness (QED) is 0.707. The molecule has 0 saturated heterocycles. The van der Waals surface area contributed by atoms with E-state index in [4.69, 9.17) is 13.9 Å². The van der Waals surface area contributed by atoms with E-state index in [2.05, 4.69) is 20.1 Å². The molecule has 1 aliphatic heterocycles. The highest BCUT2D eigenvalue weighted by Crippen LogP contribution is 2.31. The maximum atomic E-state index is 5.97. The minimum atomic E-state index is -0.0411. The Bertz CT molecular complexity index is 837. The first-order chi connectivity index (χ1) is 12.3. The van der Waals surface area contributed by atoms with Gasteiger partial charge >= 0.3 is 0 Å². The van der Waals surface area contributed by atoms with Crippen molar-refractivity contribution in [2.24, 2.45) is 0 Å². The Kier molecular flexibility index (Phi) is 4.30. The van der Waals surface area contributed by atoms with Crippen molar-refractivity contribution in [2.75, 3.05) is 20.2 Å². The van der Waals surface area contributed by atoms with Crippen LogP contribution in [0.4, 0.5) is 0 Å². The van der Waals surface area contributed by atoms with E-state index in [9.17, 15) is 0 Å². The van der Waals surface area contributed by atoms with E-state index in [1.807, 2.05) is 43.4 Å². The molecule has 1 unspecified atom stereocenters. The SMILES string of the molecule is CN(Cc1nnc(-c2cccnc2)o1)CC1COc2ccccc2O1. The minimum Gasteiger partial charge on any atom is -0.486 e. The Morgan fingerprint density at radius 3 is 2.84 bits per heavy atom. The normalized spacial score (nSPS) is 16.2. The van der Waals surface area contributed by atoms with Gasteiger partial charge in [-0.25, -0.2) is 0 Å². The number of hydrogen-bond donors (Lipinski definition) is 0. The molecule has 0 aliphatic carbocycles. The molecule has 1 aliphatic rings. The summed E-state index contributed by atoms with van der Waals surface area (Å²) in [7, 11) is 1.98. The number of fused-ring (bicyclic) bond motifs is 1. The second kappa shape index (κ2) is 6.90. The average Bonchev–Trinajstić information content (AvgIpc) is 3.10. The molecule has 7 heteroatoms. The molecule has 7 nitrogen and oxygen atoms in total. The summed E-state index contributed by atoms with van der Waals surface area (Å²) in [5.41, 5.74) is 0.810. The first-order valence-electron chi connectivity index (χ1n) is 8.08. The zero-order valence-electron chi connectivity index (χ0n) is 13.8. The summed E-state index contributed by atoms with van der Waals surface area (Å²) < 4.78 is 17.4. The molecule has 0 spiro atoms. The lowest BCUT2D eigenvalue weighted by Gasteiger charge is -2.29. The van der Waals surface area contributed by atoms with E-state index >= 15 is 0 Å². The van der Waals surface area contributed by atoms with Crippen molar-refractivity contribution >= 4 is 0 Å². The van der Waals surface area contributed by atoms with Crippen LogP contribution >= 0.6 is 0 Å². The first kappa shape index (κ1) is 15.6. The molecule has 0 fully saturated rings. The largest absolute Gasteiger partial charge is 0.486 e. The van der Waals surface area contributed by atoms with Crippen molar-refractivity contribution in [3.05, 3.63) is 54.7 Å². The van der Waals surface area contributed by atoms with Crippen LogP contribution in [0.5, 0.6) is 11.5 Å². The third-order valence-electron chi connectivity index (χ3n) is 3.86. The Morgan fingerprint density at radius 1 is 1.12 bits per heavy atom. The topological polar surface area (TPSA) is 73.5 Å². The van der Waals surface area contributed by atoms with Gasteiger partial charge in [-0.2, -0.15) is 0 Å². The van der Waals surface area contributed by atoms with Crippen LogP contribution < -0.4 is 9.47 Å². The van der Waals surface area contributed by atoms with Crippen LogP contribution in [0.15, 0.2) is 53.2 Å². The van der Waals surface area contributed by atoms with Crippen LogP contribution in [0.3, 0.4) is 0 Å². The van der Waals surface area contributed by atoms with Gasteiger partial charge in [-0.05, 0) is 31.3 Å². The second-order valence-corrected chi connectivity index (χ2v) is 5.94. The highest BCUT2D eigenvalue weighted by molar-refractivity contribution is 5.49. The molecule has 0 bridgehead atoms. The van der Waals surface area contributed by atoms with E-state index < -0.39 is 0 Å². The summed E-state index contributed by atoms with van der Waals surface area (Å²) in [5, 5.41) is 8.18. The molecule has 3 aromatic rings. The Morgan fingerprint density at radius 2 is 2.00 bits per heavy atom. The van der Waals surface area contributed by atoms with Crippen molar-refractivity contribution < 1.29 is 13.9 Å². The lowest BCUT2D eigenvalue weighted by molar-refractivity contribution is 0.0619. The number of para-hydroxylation sites is 2. The van der Waals surface area contributed by atoms with Gasteiger partial charge in [0.1, 0.15) is 12.7 Å². The van der Waals surface area contributed by atoms with Crippen molar-refractivity contribution in [2.45, 2.75) is 12.6 Å². The molecular weight excluding hydrogens is 320 g/mol. The van der Waals surface area contributed by atoms with Crippen LogP contribution in [0, 0.1) is 0 Å². The van der Waals surface area contributed by atoms with Crippen LogP contribution in [0.25, 0.3) is 11.5 Å². The van der Waals surface area contributed by atoms with Crippen molar-refractivity contribution in [1.82, 2.24) is 20.1 Å². The fourth-order valence-electron chi connectivity index (χ4n) is 2.72. The van der Waals surface area contributed by atoms with E-state index in [1.54, 1.807) is 12.4 Å². The van der Waals surface area contributed by atoms with Gasteiger partial charge in [-0.15, -0.1) is 10.2 Å². The van der Waals surface area contributed by atoms with Crippen LogP contribution in [-0.4, -0.2) is 46.4 Å². The second-order valence-electron chi connectivity index (χ2n) is 5.94. The first-order valence-corrected chi connectivity index (χ1v) is 8.08. The predicted octanol–water partition coefficient (Wildman–Crippen LogP) is 2.40. The lowest BCUT2D eigenvalue weighted by atomic mass is 10.2. The van der Waals surface area contributed by atoms with Crippen molar-refractivity contribution in [3.8, 4) is 23.0 Å². The molecule has 0 amide bonds. The number of hydrogen-bond acceptors (Lipinski definition) is 7. The fraction of sp³-hybridized carbons (Fsp3) is 0.278. The Balaban J connectivity index is 1.35. The molecule has 128 valence electrons. The maximum Gasteiger partial charge on any atom is 0.249 e. The summed E-state index contributed by atoms with van der Waals surface area (Å²) in [6.07, 6.45) is 3.37. The number of benzene rings is 1. The number of aromatic nitrogens is 3. The third-order valence-corrected chi connectivity index (χ3v) is 3.86. The number of pyridine rings is 1. The van der Waals surface area contributed by atoms with Crippen LogP contribution in [0.1, 0.15) is 5.89 Å². The number of ether oxygens (including phenoxy) is 2. The molecule has 25 heavy (non-hydrogen) atoms. The standard InChI is InChI=1S/C18H18N4O3/c1-22(10-14-12-23-15-6-2-3-7-16(15)24-14)11-17-20-21-18(25-17)13-5-4-8-19-9-13/h2-9,14H,10-12H2,1H3. The molecule has 4 rings (SSSR count). The summed E-state index contributed by atoms with van der Waals surface area (Å²) in [4.78, 5) is 6.13. The van der Waals surface area contributed by atoms with Crippen LogP contribution in [-0.2, 0) is 6.54 Å². The van der Waals surface area contributed by atoms with Crippen LogP contribution in [0.2, 0.25) is 0 Å². The summed E-state index contributed by atoms with van der Waals surface area (Å²) >= 11 is 0. The molecule has 0 saturated carbocycles. The third kappa shape index (κ3) is 3.61. The van der Waals surface area contributed by atoms with Gasteiger partial charge in [0, 0.05) is 18.9 Å². The lowest BCUT2D eigenvalue weighted by Crippen LogP contribution is -2.39. The monoisotopic (exact) mass is 338 g/mol. The molecule has 0 N–H and O–H groups in total. The van der Waals surface area contributed by atoms with Gasteiger partial charge in [0.2, 0.25) is 11.8 Å². The van der Waals surface area contributed by atoms with E-state index in [0.717, 1.165) is 17.1 Å². The Labute approximate surface area is 145 Å². The zero-order valence-corrected chi connectivity index (χ0v) is 13.8. The zero-order chi connectivity index (χ0) is 17.1. The molecular formula is C18H18N4O3. The molecule has 0 radical (unpaired) electrons. The van der Waals surface area contributed by atoms with Crippen molar-refractivity contribution in [1.29, 1.82) is 0 Å². The summed E-state index contributed by atoms with van der Waals surface area (Å²) in [6.45, 7) is 1.75. The van der Waals surface area contributed by atoms with Crippen molar-refractivity contribution in [3.63, 3.8) is 0 Å².